The van der Waals surface area contributed by atoms with Crippen LogP contribution in [0.15, 0.2) is 77.4 Å². The van der Waals surface area contributed by atoms with Crippen LogP contribution in [0.1, 0.15) is 31.2 Å². The molecule has 0 spiro atoms. The lowest BCUT2D eigenvalue weighted by atomic mass is 10.0. The Kier molecular flexibility index (Phi) is 7.56. The summed E-state index contributed by atoms with van der Waals surface area (Å²) in [6.45, 7) is 4.80. The van der Waals surface area contributed by atoms with Gasteiger partial charge >= 0.3 is 0 Å². The van der Waals surface area contributed by atoms with Gasteiger partial charge in [0.15, 0.2) is 5.83 Å². The maximum Gasteiger partial charge on any atom is 0.278 e. The SMILES string of the molecule is C=C1CCCCCN2CCN(c3nccc(-c4cc(Nc5ccccn5)c(=O)n(C)c4)c3CO)C(=O)/C2=C/1F. The molecule has 1 fully saturated rings. The molecule has 0 aromatic carbocycles. The second-order valence-electron chi connectivity index (χ2n) is 9.74. The van der Waals surface area contributed by atoms with E-state index in [1.165, 1.54) is 9.47 Å². The number of nitrogens with zero attached hydrogens (tertiary/aromatic N) is 5. The fourth-order valence-corrected chi connectivity index (χ4v) is 5.11. The number of hydrogen-bond acceptors (Lipinski definition) is 7. The highest BCUT2D eigenvalue weighted by molar-refractivity contribution is 6.07. The molecule has 0 saturated carbocycles. The number of amides is 1. The lowest BCUT2D eigenvalue weighted by Gasteiger charge is -2.37. The van der Waals surface area contributed by atoms with Crippen molar-refractivity contribution in [3.8, 4) is 11.1 Å². The lowest BCUT2D eigenvalue weighted by Crippen LogP contribution is -2.50. The summed E-state index contributed by atoms with van der Waals surface area (Å²) in [5.41, 5.74) is 2.03. The van der Waals surface area contributed by atoms with Crippen molar-refractivity contribution in [3.63, 3.8) is 0 Å². The molecule has 5 heterocycles. The van der Waals surface area contributed by atoms with Gasteiger partial charge in [0.2, 0.25) is 0 Å². The summed E-state index contributed by atoms with van der Waals surface area (Å²) in [6, 6.07) is 8.75. The van der Waals surface area contributed by atoms with Crippen molar-refractivity contribution in [1.29, 1.82) is 0 Å². The Bertz CT molecular complexity index is 1500. The van der Waals surface area contributed by atoms with E-state index >= 15 is 4.39 Å². The standard InChI is InChI=1S/C29H31FN6O3/c1-19-8-4-3-7-13-35-14-15-36(29(39)26(35)25(19)30)27-22(18-37)21(10-12-32-27)20-16-23(28(38)34(2)17-20)33-24-9-5-6-11-31-24/h5-6,9-12,16-17,37H,1,3-4,7-8,13-15,18H2,2H3,(H,31,33)/b26-25+. The number of allylic oxidation sites excluding steroid dienone is 2. The highest BCUT2D eigenvalue weighted by atomic mass is 19.1. The Hall–Kier alpha value is -4.31. The van der Waals surface area contributed by atoms with Crippen molar-refractivity contribution >= 4 is 23.2 Å². The Balaban J connectivity index is 1.56. The van der Waals surface area contributed by atoms with Crippen LogP contribution in [0.4, 0.5) is 21.7 Å². The van der Waals surface area contributed by atoms with Gasteiger partial charge in [0, 0.05) is 56.4 Å². The van der Waals surface area contributed by atoms with Crippen LogP contribution in [-0.2, 0) is 18.4 Å². The molecule has 0 radical (unpaired) electrons. The van der Waals surface area contributed by atoms with Gasteiger partial charge in [-0.1, -0.05) is 19.1 Å². The molecular formula is C29H31FN6O3. The number of rotatable bonds is 5. The minimum absolute atomic E-state index is 0.00759. The van der Waals surface area contributed by atoms with Gasteiger partial charge in [-0.05, 0) is 54.7 Å². The second kappa shape index (κ2) is 11.2. The molecule has 2 N–H and O–H groups in total. The number of fused-ring (bicyclic) bond motifs is 1. The zero-order chi connectivity index (χ0) is 27.5. The van der Waals surface area contributed by atoms with Crippen molar-refractivity contribution in [2.45, 2.75) is 32.3 Å². The third-order valence-corrected chi connectivity index (χ3v) is 7.15. The van der Waals surface area contributed by atoms with Crippen molar-refractivity contribution in [3.05, 3.63) is 88.5 Å². The second-order valence-corrected chi connectivity index (χ2v) is 9.74. The first-order chi connectivity index (χ1) is 18.9. The molecule has 1 amide bonds. The number of aliphatic hydroxyl groups is 1. The summed E-state index contributed by atoms with van der Waals surface area (Å²) in [7, 11) is 1.64. The minimum atomic E-state index is -0.573. The fourth-order valence-electron chi connectivity index (χ4n) is 5.11. The number of halogens is 1. The number of piperazine rings is 1. The molecule has 0 bridgehead atoms. The smallest absolute Gasteiger partial charge is 0.278 e. The first-order valence-corrected chi connectivity index (χ1v) is 13.0. The normalized spacial score (nSPS) is 18.3. The molecule has 3 aromatic heterocycles. The van der Waals surface area contributed by atoms with Crippen LogP contribution in [0.5, 0.6) is 0 Å². The number of hydrogen-bond donors (Lipinski definition) is 2. The molecule has 0 aliphatic carbocycles. The predicted octanol–water partition coefficient (Wildman–Crippen LogP) is 4.04. The monoisotopic (exact) mass is 530 g/mol. The number of aromatic nitrogens is 3. The van der Waals surface area contributed by atoms with Gasteiger partial charge in [-0.2, -0.15) is 0 Å². The average molecular weight is 531 g/mol. The van der Waals surface area contributed by atoms with Crippen LogP contribution in [0.2, 0.25) is 0 Å². The quantitative estimate of drug-likeness (QED) is 0.513. The molecule has 2 aliphatic heterocycles. The van der Waals surface area contributed by atoms with Crippen molar-refractivity contribution < 1.29 is 14.3 Å². The summed E-state index contributed by atoms with van der Waals surface area (Å²) in [6.07, 6.45) is 7.99. The van der Waals surface area contributed by atoms with E-state index in [-0.39, 0.29) is 17.1 Å². The molecule has 0 atom stereocenters. The van der Waals surface area contributed by atoms with Crippen LogP contribution in [0.3, 0.4) is 0 Å². The summed E-state index contributed by atoms with van der Waals surface area (Å²) in [4.78, 5) is 38.5. The maximum absolute atomic E-state index is 15.5. The van der Waals surface area contributed by atoms with Gasteiger partial charge in [0.05, 0.1) is 6.61 Å². The third-order valence-electron chi connectivity index (χ3n) is 7.15. The zero-order valence-electron chi connectivity index (χ0n) is 21.9. The number of aryl methyl sites for hydroxylation is 1. The highest BCUT2D eigenvalue weighted by Crippen LogP contribution is 2.35. The Morgan fingerprint density at radius 2 is 1.92 bits per heavy atom. The van der Waals surface area contributed by atoms with Gasteiger partial charge < -0.3 is 19.9 Å². The van der Waals surface area contributed by atoms with Gasteiger partial charge in [-0.25, -0.2) is 14.4 Å². The summed E-state index contributed by atoms with van der Waals surface area (Å²) >= 11 is 0. The largest absolute Gasteiger partial charge is 0.392 e. The predicted molar refractivity (Wildman–Crippen MR) is 148 cm³/mol. The van der Waals surface area contributed by atoms with Crippen LogP contribution in [0, 0.1) is 0 Å². The number of pyridine rings is 3. The van der Waals surface area contributed by atoms with Gasteiger partial charge in [0.1, 0.15) is 23.0 Å². The van der Waals surface area contributed by atoms with Crippen molar-refractivity contribution in [1.82, 2.24) is 19.4 Å². The van der Waals surface area contributed by atoms with Crippen LogP contribution >= 0.6 is 0 Å². The lowest BCUT2D eigenvalue weighted by molar-refractivity contribution is -0.118. The van der Waals surface area contributed by atoms with Crippen LogP contribution in [-0.4, -0.2) is 50.1 Å². The Morgan fingerprint density at radius 1 is 1.08 bits per heavy atom. The van der Waals surface area contributed by atoms with E-state index in [2.05, 4.69) is 21.9 Å². The van der Waals surface area contributed by atoms with E-state index < -0.39 is 18.3 Å². The molecule has 1 saturated heterocycles. The van der Waals surface area contributed by atoms with Gasteiger partial charge in [-0.3, -0.25) is 14.5 Å². The van der Waals surface area contributed by atoms with E-state index in [0.717, 1.165) is 19.3 Å². The summed E-state index contributed by atoms with van der Waals surface area (Å²) in [5, 5.41) is 13.5. The van der Waals surface area contributed by atoms with Crippen LogP contribution < -0.4 is 15.8 Å². The molecule has 5 rings (SSSR count). The molecule has 3 aromatic rings. The van der Waals surface area contributed by atoms with E-state index in [0.29, 0.717) is 59.8 Å². The highest BCUT2D eigenvalue weighted by Gasteiger charge is 2.35. The maximum atomic E-state index is 15.5. The Labute approximate surface area is 225 Å². The summed E-state index contributed by atoms with van der Waals surface area (Å²) in [5.74, 6) is -0.297. The first-order valence-electron chi connectivity index (χ1n) is 13.0. The zero-order valence-corrected chi connectivity index (χ0v) is 21.9. The topological polar surface area (TPSA) is 104 Å². The molecular weight excluding hydrogens is 499 g/mol. The molecule has 10 heteroatoms. The third kappa shape index (κ3) is 5.20. The summed E-state index contributed by atoms with van der Waals surface area (Å²) < 4.78 is 16.9. The van der Waals surface area contributed by atoms with E-state index in [9.17, 15) is 14.7 Å². The molecule has 9 nitrogen and oxygen atoms in total. The molecule has 39 heavy (non-hydrogen) atoms. The average Bonchev–Trinajstić information content (AvgIpc) is 3.01. The number of aliphatic hydroxyl groups excluding tert-OH is 1. The van der Waals surface area contributed by atoms with E-state index in [4.69, 9.17) is 0 Å². The van der Waals surface area contributed by atoms with Crippen LogP contribution in [0.25, 0.3) is 11.1 Å². The number of carbonyl (C=O) groups excluding carboxylic acids is 1. The van der Waals surface area contributed by atoms with Gasteiger partial charge in [0.25, 0.3) is 11.5 Å². The first kappa shape index (κ1) is 26.3. The van der Waals surface area contributed by atoms with E-state index in [1.54, 1.807) is 54.8 Å². The number of anilines is 3. The van der Waals surface area contributed by atoms with Gasteiger partial charge in [-0.15, -0.1) is 0 Å². The Morgan fingerprint density at radius 3 is 2.69 bits per heavy atom. The number of carbonyl (C=O) groups is 1. The fraction of sp³-hybridized carbons (Fsp3) is 0.310. The molecule has 202 valence electrons. The van der Waals surface area contributed by atoms with Crippen molar-refractivity contribution in [2.75, 3.05) is 29.9 Å². The minimum Gasteiger partial charge on any atom is -0.392 e. The molecule has 0 unspecified atom stereocenters. The number of nitrogens with one attached hydrogen (secondary N) is 1. The van der Waals surface area contributed by atoms with Crippen molar-refractivity contribution in [2.24, 2.45) is 7.05 Å². The molecule has 2 aliphatic rings. The van der Waals surface area contributed by atoms with E-state index in [1.807, 2.05) is 6.07 Å².